The largest absolute Gasteiger partial charge is 0.337 e. The van der Waals surface area contributed by atoms with Crippen molar-refractivity contribution in [1.29, 1.82) is 5.26 Å². The van der Waals surface area contributed by atoms with Gasteiger partial charge in [0.1, 0.15) is 5.54 Å². The summed E-state index contributed by atoms with van der Waals surface area (Å²) in [5.41, 5.74) is -0.636. The number of nitrogens with one attached hydrogen (secondary N) is 1. The van der Waals surface area contributed by atoms with Crippen molar-refractivity contribution < 1.29 is 4.79 Å². The van der Waals surface area contributed by atoms with E-state index >= 15 is 0 Å². The van der Waals surface area contributed by atoms with E-state index in [0.717, 1.165) is 51.6 Å². The quantitative estimate of drug-likeness (QED) is 0.801. The van der Waals surface area contributed by atoms with Crippen LogP contribution < -0.4 is 5.32 Å². The zero-order valence-electron chi connectivity index (χ0n) is 12.5. The van der Waals surface area contributed by atoms with Gasteiger partial charge >= 0.3 is 0 Å². The number of piperidine rings is 1. The molecular formula is C15H27N3O. The first kappa shape index (κ1) is 16.0. The van der Waals surface area contributed by atoms with Crippen LogP contribution in [0.1, 0.15) is 52.4 Å². The summed E-state index contributed by atoms with van der Waals surface area (Å²) in [6.07, 6.45) is 5.44. The lowest BCUT2D eigenvalue weighted by molar-refractivity contribution is -0.127. The van der Waals surface area contributed by atoms with Gasteiger partial charge in [-0.1, -0.05) is 26.7 Å². The van der Waals surface area contributed by atoms with Gasteiger partial charge in [0.2, 0.25) is 5.91 Å². The summed E-state index contributed by atoms with van der Waals surface area (Å²) in [6, 6.07) is 2.35. The molecule has 1 aliphatic heterocycles. The van der Waals surface area contributed by atoms with Gasteiger partial charge in [0, 0.05) is 19.0 Å². The highest BCUT2D eigenvalue weighted by molar-refractivity contribution is 5.79. The van der Waals surface area contributed by atoms with Crippen molar-refractivity contribution in [2.75, 3.05) is 20.1 Å². The minimum absolute atomic E-state index is 0.0600. The van der Waals surface area contributed by atoms with Gasteiger partial charge in [-0.25, -0.2) is 0 Å². The average molecular weight is 265 g/mol. The highest BCUT2D eigenvalue weighted by atomic mass is 16.2. The van der Waals surface area contributed by atoms with Crippen LogP contribution in [0, 0.1) is 17.2 Å². The molecule has 0 saturated carbocycles. The maximum atomic E-state index is 12.3. The first-order valence-electron chi connectivity index (χ1n) is 7.48. The molecule has 4 nitrogen and oxygen atoms in total. The van der Waals surface area contributed by atoms with E-state index < -0.39 is 5.54 Å². The number of unbranched alkanes of at least 4 members (excludes halogenated alkanes) is 1. The Labute approximate surface area is 117 Å². The molecule has 1 N–H and O–H groups in total. The number of carbonyl (C=O) groups excluding carboxylic acids is 1. The molecule has 1 unspecified atom stereocenters. The van der Waals surface area contributed by atoms with Crippen LogP contribution in [0.25, 0.3) is 0 Å². The van der Waals surface area contributed by atoms with Gasteiger partial charge in [0.25, 0.3) is 0 Å². The molecule has 1 atom stereocenters. The summed E-state index contributed by atoms with van der Waals surface area (Å²) in [5, 5.41) is 12.5. The Kier molecular flexibility index (Phi) is 6.30. The molecule has 0 spiro atoms. The zero-order chi connectivity index (χ0) is 14.3. The SMILES string of the molecule is CCCCC(CC)C(=O)NC1(C#N)CCN(C)CC1. The third-order valence-electron chi connectivity index (χ3n) is 4.19. The number of amides is 1. The minimum Gasteiger partial charge on any atom is -0.337 e. The fraction of sp³-hybridized carbons (Fsp3) is 0.867. The van der Waals surface area contributed by atoms with Crippen molar-refractivity contribution >= 4 is 5.91 Å². The van der Waals surface area contributed by atoms with Gasteiger partial charge < -0.3 is 10.2 Å². The summed E-state index contributed by atoms with van der Waals surface area (Å²) in [5.74, 6) is 0.131. The highest BCUT2D eigenvalue weighted by Gasteiger charge is 2.36. The number of likely N-dealkylation sites (tertiary alicyclic amines) is 1. The van der Waals surface area contributed by atoms with Gasteiger partial charge in [-0.3, -0.25) is 4.79 Å². The normalized spacial score (nSPS) is 20.5. The lowest BCUT2D eigenvalue weighted by Crippen LogP contribution is -2.55. The molecule has 1 heterocycles. The number of nitrogens with zero attached hydrogens (tertiary/aromatic N) is 2. The third-order valence-corrected chi connectivity index (χ3v) is 4.19. The summed E-state index contributed by atoms with van der Waals surface area (Å²) < 4.78 is 0. The van der Waals surface area contributed by atoms with Crippen molar-refractivity contribution in [2.24, 2.45) is 5.92 Å². The van der Waals surface area contributed by atoms with Crippen LogP contribution >= 0.6 is 0 Å². The molecule has 1 amide bonds. The van der Waals surface area contributed by atoms with Gasteiger partial charge in [0.05, 0.1) is 6.07 Å². The first-order valence-corrected chi connectivity index (χ1v) is 7.48. The predicted octanol–water partition coefficient (Wildman–Crippen LogP) is 2.31. The van der Waals surface area contributed by atoms with E-state index in [4.69, 9.17) is 0 Å². The summed E-state index contributed by atoms with van der Waals surface area (Å²) >= 11 is 0. The molecular weight excluding hydrogens is 238 g/mol. The molecule has 0 radical (unpaired) electrons. The first-order chi connectivity index (χ1) is 9.06. The van der Waals surface area contributed by atoms with Crippen LogP contribution in [-0.2, 0) is 4.79 Å². The Bertz CT molecular complexity index is 327. The van der Waals surface area contributed by atoms with Crippen molar-refractivity contribution in [3.63, 3.8) is 0 Å². The topological polar surface area (TPSA) is 56.1 Å². The lowest BCUT2D eigenvalue weighted by Gasteiger charge is -2.36. The fourth-order valence-electron chi connectivity index (χ4n) is 2.57. The summed E-state index contributed by atoms with van der Waals surface area (Å²) in [6.45, 7) is 5.94. The second kappa shape index (κ2) is 7.49. The van der Waals surface area contributed by atoms with Crippen LogP contribution in [0.2, 0.25) is 0 Å². The number of hydrogen-bond donors (Lipinski definition) is 1. The predicted molar refractivity (Wildman–Crippen MR) is 76.5 cm³/mol. The number of nitriles is 1. The zero-order valence-corrected chi connectivity index (χ0v) is 12.5. The van der Waals surface area contributed by atoms with Crippen LogP contribution in [0.3, 0.4) is 0 Å². The van der Waals surface area contributed by atoms with Gasteiger partial charge in [-0.15, -0.1) is 0 Å². The molecule has 0 aliphatic carbocycles. The van der Waals surface area contributed by atoms with E-state index in [1.54, 1.807) is 0 Å². The van der Waals surface area contributed by atoms with E-state index in [2.05, 4.69) is 30.3 Å². The smallest absolute Gasteiger partial charge is 0.224 e. The van der Waals surface area contributed by atoms with Crippen molar-refractivity contribution in [1.82, 2.24) is 10.2 Å². The van der Waals surface area contributed by atoms with Crippen LogP contribution in [-0.4, -0.2) is 36.5 Å². The maximum Gasteiger partial charge on any atom is 0.224 e. The summed E-state index contributed by atoms with van der Waals surface area (Å²) in [4.78, 5) is 14.5. The number of rotatable bonds is 6. The summed E-state index contributed by atoms with van der Waals surface area (Å²) in [7, 11) is 2.05. The van der Waals surface area contributed by atoms with E-state index in [0.29, 0.717) is 0 Å². The van der Waals surface area contributed by atoms with Crippen LogP contribution in [0.5, 0.6) is 0 Å². The average Bonchev–Trinajstić information content (AvgIpc) is 2.42. The van der Waals surface area contributed by atoms with E-state index in [9.17, 15) is 10.1 Å². The highest BCUT2D eigenvalue weighted by Crippen LogP contribution is 2.22. The van der Waals surface area contributed by atoms with Crippen molar-refractivity contribution in [2.45, 2.75) is 57.9 Å². The van der Waals surface area contributed by atoms with E-state index in [1.807, 2.05) is 6.92 Å². The molecule has 108 valence electrons. The monoisotopic (exact) mass is 265 g/mol. The Morgan fingerprint density at radius 2 is 2.05 bits per heavy atom. The van der Waals surface area contributed by atoms with Crippen LogP contribution in [0.4, 0.5) is 0 Å². The molecule has 0 aromatic carbocycles. The Morgan fingerprint density at radius 1 is 1.42 bits per heavy atom. The molecule has 1 aliphatic rings. The molecule has 19 heavy (non-hydrogen) atoms. The minimum atomic E-state index is -0.636. The molecule has 0 aromatic heterocycles. The van der Waals surface area contributed by atoms with E-state index in [-0.39, 0.29) is 11.8 Å². The second-order valence-electron chi connectivity index (χ2n) is 5.73. The number of carbonyl (C=O) groups is 1. The molecule has 1 fully saturated rings. The van der Waals surface area contributed by atoms with Crippen molar-refractivity contribution in [3.05, 3.63) is 0 Å². The molecule has 1 rings (SSSR count). The maximum absolute atomic E-state index is 12.3. The molecule has 4 heteroatoms. The Morgan fingerprint density at radius 3 is 2.53 bits per heavy atom. The lowest BCUT2D eigenvalue weighted by atomic mass is 9.87. The van der Waals surface area contributed by atoms with Gasteiger partial charge in [-0.05, 0) is 32.7 Å². The van der Waals surface area contributed by atoms with Gasteiger partial charge in [0.15, 0.2) is 0 Å². The van der Waals surface area contributed by atoms with Crippen LogP contribution in [0.15, 0.2) is 0 Å². The fourth-order valence-corrected chi connectivity index (χ4v) is 2.57. The van der Waals surface area contributed by atoms with Crippen molar-refractivity contribution in [3.8, 4) is 6.07 Å². The van der Waals surface area contributed by atoms with Gasteiger partial charge in [-0.2, -0.15) is 5.26 Å². The Balaban J connectivity index is 2.59. The van der Waals surface area contributed by atoms with E-state index in [1.165, 1.54) is 0 Å². The second-order valence-corrected chi connectivity index (χ2v) is 5.73. The Hall–Kier alpha value is -1.08. The third kappa shape index (κ3) is 4.50. The molecule has 1 saturated heterocycles. The molecule has 0 aromatic rings. The molecule has 0 bridgehead atoms. The standard InChI is InChI=1S/C15H27N3O/c1-4-6-7-13(5-2)14(19)17-15(12-16)8-10-18(3)11-9-15/h13H,4-11H2,1-3H3,(H,17,19). The number of hydrogen-bond acceptors (Lipinski definition) is 3.